The zero-order valence-corrected chi connectivity index (χ0v) is 11.5. The third-order valence-electron chi connectivity index (χ3n) is 3.33. The normalized spacial score (nSPS) is 12.7. The lowest BCUT2D eigenvalue weighted by atomic mass is 10.2. The maximum absolute atomic E-state index is 5.53. The summed E-state index contributed by atoms with van der Waals surface area (Å²) in [6.07, 6.45) is 9.11. The van der Waals surface area contributed by atoms with E-state index in [1.807, 2.05) is 47.8 Å². The standard InChI is InChI=1S/C14H17N5O/c1-18-7-5-15-12(18)10-17-13(11-4-3-9-20-11)14-16-6-8-19(14)2/h3-9,13,17H,10H2,1-2H3. The number of aromatic nitrogens is 4. The molecule has 0 aliphatic carbocycles. The van der Waals surface area contributed by atoms with Crippen molar-refractivity contribution in [2.75, 3.05) is 0 Å². The summed E-state index contributed by atoms with van der Waals surface area (Å²) in [6.45, 7) is 0.641. The Kier molecular flexibility index (Phi) is 3.39. The third kappa shape index (κ3) is 2.37. The number of hydrogen-bond acceptors (Lipinski definition) is 4. The highest BCUT2D eigenvalue weighted by atomic mass is 16.3. The Morgan fingerprint density at radius 1 is 1.20 bits per heavy atom. The lowest BCUT2D eigenvalue weighted by Gasteiger charge is -2.16. The van der Waals surface area contributed by atoms with E-state index in [-0.39, 0.29) is 6.04 Å². The van der Waals surface area contributed by atoms with Gasteiger partial charge in [-0.1, -0.05) is 0 Å². The van der Waals surface area contributed by atoms with Gasteiger partial charge in [-0.25, -0.2) is 9.97 Å². The average molecular weight is 271 g/mol. The lowest BCUT2D eigenvalue weighted by molar-refractivity contribution is 0.424. The number of rotatable bonds is 5. The Balaban J connectivity index is 1.84. The molecule has 0 saturated carbocycles. The van der Waals surface area contributed by atoms with Crippen molar-refractivity contribution in [1.82, 2.24) is 24.4 Å². The molecule has 1 atom stereocenters. The minimum Gasteiger partial charge on any atom is -0.467 e. The van der Waals surface area contributed by atoms with E-state index in [9.17, 15) is 0 Å². The molecular weight excluding hydrogens is 254 g/mol. The molecular formula is C14H17N5O. The smallest absolute Gasteiger partial charge is 0.133 e. The minimum atomic E-state index is -0.0956. The van der Waals surface area contributed by atoms with Crippen LogP contribution in [0.4, 0.5) is 0 Å². The van der Waals surface area contributed by atoms with Gasteiger partial charge in [0.15, 0.2) is 0 Å². The van der Waals surface area contributed by atoms with Crippen molar-refractivity contribution in [3.05, 3.63) is 60.6 Å². The number of nitrogens with one attached hydrogen (secondary N) is 1. The molecule has 0 fully saturated rings. The van der Waals surface area contributed by atoms with Gasteiger partial charge in [-0.15, -0.1) is 0 Å². The van der Waals surface area contributed by atoms with Crippen LogP contribution in [0, 0.1) is 0 Å². The second-order valence-corrected chi connectivity index (χ2v) is 4.68. The third-order valence-corrected chi connectivity index (χ3v) is 3.33. The van der Waals surface area contributed by atoms with E-state index in [1.54, 1.807) is 18.7 Å². The summed E-state index contributed by atoms with van der Waals surface area (Å²) in [7, 11) is 3.95. The van der Waals surface area contributed by atoms with E-state index >= 15 is 0 Å². The SMILES string of the molecule is Cn1ccnc1CNC(c1ccco1)c1nccn1C. The quantitative estimate of drug-likeness (QED) is 0.766. The first-order chi connectivity index (χ1) is 9.75. The molecule has 0 bridgehead atoms. The van der Waals surface area contributed by atoms with E-state index in [0.29, 0.717) is 6.54 Å². The zero-order chi connectivity index (χ0) is 13.9. The summed E-state index contributed by atoms with van der Waals surface area (Å²) in [4.78, 5) is 8.72. The molecule has 0 aliphatic rings. The lowest BCUT2D eigenvalue weighted by Crippen LogP contribution is -2.25. The van der Waals surface area contributed by atoms with E-state index in [0.717, 1.165) is 17.4 Å². The van der Waals surface area contributed by atoms with Gasteiger partial charge < -0.3 is 13.6 Å². The fourth-order valence-corrected chi connectivity index (χ4v) is 2.19. The molecule has 3 aromatic rings. The van der Waals surface area contributed by atoms with Crippen LogP contribution in [0.2, 0.25) is 0 Å². The molecule has 0 aliphatic heterocycles. The highest BCUT2D eigenvalue weighted by Crippen LogP contribution is 2.21. The topological polar surface area (TPSA) is 60.8 Å². The van der Waals surface area contributed by atoms with Gasteiger partial charge in [0.1, 0.15) is 23.5 Å². The molecule has 0 saturated heterocycles. The number of aryl methyl sites for hydroxylation is 2. The van der Waals surface area contributed by atoms with E-state index in [2.05, 4.69) is 15.3 Å². The summed E-state index contributed by atoms with van der Waals surface area (Å²) >= 11 is 0. The predicted molar refractivity (Wildman–Crippen MR) is 73.8 cm³/mol. The molecule has 6 heteroatoms. The van der Waals surface area contributed by atoms with Crippen LogP contribution in [0.5, 0.6) is 0 Å². The summed E-state index contributed by atoms with van der Waals surface area (Å²) in [5.74, 6) is 2.72. The molecule has 0 radical (unpaired) electrons. The fraction of sp³-hybridized carbons (Fsp3) is 0.286. The largest absolute Gasteiger partial charge is 0.467 e. The monoisotopic (exact) mass is 271 g/mol. The van der Waals surface area contributed by atoms with Gasteiger partial charge in [-0.2, -0.15) is 0 Å². The Morgan fingerprint density at radius 2 is 2.00 bits per heavy atom. The van der Waals surface area contributed by atoms with Crippen molar-refractivity contribution in [3.63, 3.8) is 0 Å². The van der Waals surface area contributed by atoms with Gasteiger partial charge in [-0.3, -0.25) is 5.32 Å². The van der Waals surface area contributed by atoms with E-state index in [4.69, 9.17) is 4.42 Å². The van der Waals surface area contributed by atoms with Crippen LogP contribution in [0.25, 0.3) is 0 Å². The van der Waals surface area contributed by atoms with E-state index < -0.39 is 0 Å². The Bertz CT molecular complexity index is 667. The molecule has 1 N–H and O–H groups in total. The number of imidazole rings is 2. The molecule has 0 aromatic carbocycles. The van der Waals surface area contributed by atoms with Crippen molar-refractivity contribution in [2.45, 2.75) is 12.6 Å². The Morgan fingerprint density at radius 3 is 2.60 bits per heavy atom. The highest BCUT2D eigenvalue weighted by Gasteiger charge is 2.20. The number of nitrogens with zero attached hydrogens (tertiary/aromatic N) is 4. The van der Waals surface area contributed by atoms with Crippen LogP contribution in [0.3, 0.4) is 0 Å². The van der Waals surface area contributed by atoms with Crippen molar-refractivity contribution in [1.29, 1.82) is 0 Å². The summed E-state index contributed by atoms with van der Waals surface area (Å²) < 4.78 is 9.51. The average Bonchev–Trinajstić information content (AvgIpc) is 3.15. The summed E-state index contributed by atoms with van der Waals surface area (Å²) in [5, 5.41) is 3.45. The molecule has 3 heterocycles. The molecule has 104 valence electrons. The zero-order valence-electron chi connectivity index (χ0n) is 11.5. The first kappa shape index (κ1) is 12.7. The maximum atomic E-state index is 5.53. The number of hydrogen-bond donors (Lipinski definition) is 1. The van der Waals surface area contributed by atoms with E-state index in [1.165, 1.54) is 0 Å². The van der Waals surface area contributed by atoms with Gasteiger partial charge in [0, 0.05) is 38.9 Å². The highest BCUT2D eigenvalue weighted by molar-refractivity contribution is 5.15. The van der Waals surface area contributed by atoms with Crippen molar-refractivity contribution >= 4 is 0 Å². The summed E-state index contributed by atoms with van der Waals surface area (Å²) in [5.41, 5.74) is 0. The molecule has 1 unspecified atom stereocenters. The maximum Gasteiger partial charge on any atom is 0.133 e. The number of furan rings is 1. The van der Waals surface area contributed by atoms with Gasteiger partial charge in [-0.05, 0) is 12.1 Å². The molecule has 20 heavy (non-hydrogen) atoms. The van der Waals surface area contributed by atoms with Gasteiger partial charge >= 0.3 is 0 Å². The first-order valence-corrected chi connectivity index (χ1v) is 6.46. The molecule has 0 amide bonds. The fourth-order valence-electron chi connectivity index (χ4n) is 2.19. The van der Waals surface area contributed by atoms with Crippen LogP contribution in [-0.4, -0.2) is 19.1 Å². The first-order valence-electron chi connectivity index (χ1n) is 6.46. The summed E-state index contributed by atoms with van der Waals surface area (Å²) in [6, 6.07) is 3.74. The second-order valence-electron chi connectivity index (χ2n) is 4.68. The van der Waals surface area contributed by atoms with Crippen molar-refractivity contribution in [3.8, 4) is 0 Å². The van der Waals surface area contributed by atoms with Crippen LogP contribution in [0.1, 0.15) is 23.5 Å². The molecule has 3 aromatic heterocycles. The molecule has 6 nitrogen and oxygen atoms in total. The van der Waals surface area contributed by atoms with Crippen molar-refractivity contribution < 1.29 is 4.42 Å². The van der Waals surface area contributed by atoms with Crippen LogP contribution >= 0.6 is 0 Å². The Hall–Kier alpha value is -2.34. The van der Waals surface area contributed by atoms with Gasteiger partial charge in [0.05, 0.1) is 12.8 Å². The van der Waals surface area contributed by atoms with Crippen LogP contribution < -0.4 is 5.32 Å². The van der Waals surface area contributed by atoms with Crippen LogP contribution in [0.15, 0.2) is 47.6 Å². The van der Waals surface area contributed by atoms with Crippen molar-refractivity contribution in [2.24, 2.45) is 14.1 Å². The molecule has 0 spiro atoms. The van der Waals surface area contributed by atoms with Gasteiger partial charge in [0.25, 0.3) is 0 Å². The predicted octanol–water partition coefficient (Wildman–Crippen LogP) is 1.63. The molecule has 3 rings (SSSR count). The van der Waals surface area contributed by atoms with Crippen LogP contribution in [-0.2, 0) is 20.6 Å². The second kappa shape index (κ2) is 5.34. The Labute approximate surface area is 117 Å². The van der Waals surface area contributed by atoms with Gasteiger partial charge in [0.2, 0.25) is 0 Å². The minimum absolute atomic E-state index is 0.0956.